The van der Waals surface area contributed by atoms with Crippen LogP contribution in [0.15, 0.2) is 28.5 Å². The third-order valence-corrected chi connectivity index (χ3v) is 3.21. The van der Waals surface area contributed by atoms with Gasteiger partial charge in [-0.2, -0.15) is 5.10 Å². The lowest BCUT2D eigenvalue weighted by atomic mass is 10.1. The Balaban J connectivity index is 2.72. The molecule has 25 heavy (non-hydrogen) atoms. The van der Waals surface area contributed by atoms with Gasteiger partial charge in [-0.05, 0) is 51.0 Å². The van der Waals surface area contributed by atoms with Crippen LogP contribution in [0.2, 0.25) is 0 Å². The maximum Gasteiger partial charge on any atom is 0.362 e. The molecule has 0 heterocycles. The lowest BCUT2D eigenvalue weighted by molar-refractivity contribution is -0.136. The number of nitrogens with one attached hydrogen (secondary N) is 2. The molecule has 9 nitrogen and oxygen atoms in total. The van der Waals surface area contributed by atoms with Crippen LogP contribution in [0.25, 0.3) is 0 Å². The highest BCUT2D eigenvalue weighted by Crippen LogP contribution is 2.13. The molecule has 0 aliphatic carbocycles. The first-order chi connectivity index (χ1) is 11.8. The van der Waals surface area contributed by atoms with E-state index in [4.69, 9.17) is 5.21 Å². The quantitative estimate of drug-likeness (QED) is 0.241. The van der Waals surface area contributed by atoms with Gasteiger partial charge in [0.1, 0.15) is 0 Å². The molecule has 1 aromatic rings. The van der Waals surface area contributed by atoms with Crippen molar-refractivity contribution in [1.29, 1.82) is 0 Å². The summed E-state index contributed by atoms with van der Waals surface area (Å²) in [7, 11) is 0. The Hall–Kier alpha value is -3.23. The molecule has 9 heteroatoms. The second-order valence-corrected chi connectivity index (χ2v) is 5.06. The number of benzene rings is 1. The highest BCUT2D eigenvalue weighted by Gasteiger charge is 2.19. The smallest absolute Gasteiger partial charge is 0.362 e. The fourth-order valence-electron chi connectivity index (χ4n) is 1.71. The molecule has 1 aromatic carbocycles. The Morgan fingerprint density at radius 1 is 1.16 bits per heavy atom. The maximum atomic E-state index is 11.8. The molecule has 134 valence electrons. The predicted molar refractivity (Wildman–Crippen MR) is 91.7 cm³/mol. The van der Waals surface area contributed by atoms with Crippen LogP contribution in [0.1, 0.15) is 25.0 Å². The largest absolute Gasteiger partial charge is 0.461 e. The van der Waals surface area contributed by atoms with Crippen LogP contribution in [-0.4, -0.2) is 41.0 Å². The van der Waals surface area contributed by atoms with E-state index in [0.717, 1.165) is 11.1 Å². The van der Waals surface area contributed by atoms with Crippen LogP contribution in [-0.2, 0) is 19.1 Å². The SMILES string of the molecule is CCOC(=O)C(=NO)C(C)=NNC(=O)C(=O)Nc1ccc(C)c(C)c1. The summed E-state index contributed by atoms with van der Waals surface area (Å²) in [6, 6.07) is 5.21. The summed E-state index contributed by atoms with van der Waals surface area (Å²) in [5.74, 6) is -2.88. The van der Waals surface area contributed by atoms with E-state index in [1.807, 2.05) is 25.3 Å². The van der Waals surface area contributed by atoms with E-state index in [9.17, 15) is 14.4 Å². The minimum Gasteiger partial charge on any atom is -0.461 e. The molecular formula is C16H20N4O5. The van der Waals surface area contributed by atoms with E-state index in [1.165, 1.54) is 6.92 Å². The minimum absolute atomic E-state index is 0.0792. The highest BCUT2D eigenvalue weighted by atomic mass is 16.5. The van der Waals surface area contributed by atoms with Crippen molar-refractivity contribution >= 4 is 34.9 Å². The molecule has 0 aromatic heterocycles. The summed E-state index contributed by atoms with van der Waals surface area (Å²) in [5.41, 5.74) is 3.87. The lowest BCUT2D eigenvalue weighted by Gasteiger charge is -2.07. The molecule has 0 aliphatic heterocycles. The first kappa shape index (κ1) is 19.8. The van der Waals surface area contributed by atoms with Gasteiger partial charge in [0, 0.05) is 5.69 Å². The normalized spacial score (nSPS) is 11.7. The van der Waals surface area contributed by atoms with Gasteiger partial charge in [0.2, 0.25) is 5.71 Å². The monoisotopic (exact) mass is 348 g/mol. The predicted octanol–water partition coefficient (Wildman–Crippen LogP) is 1.13. The van der Waals surface area contributed by atoms with Crippen LogP contribution in [0.4, 0.5) is 5.69 Å². The molecule has 0 atom stereocenters. The topological polar surface area (TPSA) is 129 Å². The van der Waals surface area contributed by atoms with Gasteiger partial charge in [0.25, 0.3) is 0 Å². The number of nitrogens with zero attached hydrogens (tertiary/aromatic N) is 2. The van der Waals surface area contributed by atoms with E-state index in [0.29, 0.717) is 5.69 Å². The van der Waals surface area contributed by atoms with Crippen molar-refractivity contribution in [1.82, 2.24) is 5.43 Å². The molecule has 3 N–H and O–H groups in total. The molecule has 0 bridgehead atoms. The Kier molecular flexibility index (Phi) is 7.26. The van der Waals surface area contributed by atoms with E-state index in [2.05, 4.69) is 20.3 Å². The molecule has 0 saturated heterocycles. The summed E-state index contributed by atoms with van der Waals surface area (Å²) in [6.45, 7) is 6.78. The van der Waals surface area contributed by atoms with Gasteiger partial charge < -0.3 is 15.3 Å². The van der Waals surface area contributed by atoms with Crippen LogP contribution < -0.4 is 10.7 Å². The van der Waals surface area contributed by atoms with Gasteiger partial charge in [-0.25, -0.2) is 10.2 Å². The average molecular weight is 348 g/mol. The number of amides is 2. The van der Waals surface area contributed by atoms with Crippen molar-refractivity contribution in [3.8, 4) is 0 Å². The fourth-order valence-corrected chi connectivity index (χ4v) is 1.71. The Labute approximate surface area is 144 Å². The number of hydrazone groups is 1. The van der Waals surface area contributed by atoms with Crippen LogP contribution in [0.3, 0.4) is 0 Å². The zero-order valence-corrected chi connectivity index (χ0v) is 14.4. The van der Waals surface area contributed by atoms with Crippen molar-refractivity contribution in [3.05, 3.63) is 29.3 Å². The van der Waals surface area contributed by atoms with Gasteiger partial charge in [0.15, 0.2) is 0 Å². The van der Waals surface area contributed by atoms with E-state index < -0.39 is 23.5 Å². The van der Waals surface area contributed by atoms with Crippen LogP contribution in [0, 0.1) is 13.8 Å². The van der Waals surface area contributed by atoms with E-state index in [1.54, 1.807) is 19.1 Å². The molecule has 0 spiro atoms. The van der Waals surface area contributed by atoms with Gasteiger partial charge >= 0.3 is 17.8 Å². The van der Waals surface area contributed by atoms with Crippen molar-refractivity contribution in [2.75, 3.05) is 11.9 Å². The molecule has 0 saturated carbocycles. The minimum atomic E-state index is -1.04. The first-order valence-corrected chi connectivity index (χ1v) is 7.42. The third kappa shape index (κ3) is 5.72. The van der Waals surface area contributed by atoms with E-state index >= 15 is 0 Å². The zero-order valence-electron chi connectivity index (χ0n) is 14.4. The Morgan fingerprint density at radius 2 is 1.84 bits per heavy atom. The number of hydrogen-bond donors (Lipinski definition) is 3. The van der Waals surface area contributed by atoms with Crippen molar-refractivity contribution in [2.24, 2.45) is 10.3 Å². The summed E-state index contributed by atoms with van der Waals surface area (Å²) >= 11 is 0. The number of anilines is 1. The average Bonchev–Trinajstić information content (AvgIpc) is 2.56. The second kappa shape index (κ2) is 9.16. The van der Waals surface area contributed by atoms with E-state index in [-0.39, 0.29) is 12.3 Å². The molecule has 0 aliphatic rings. The Bertz CT molecular complexity index is 740. The van der Waals surface area contributed by atoms with Gasteiger partial charge in [-0.1, -0.05) is 11.2 Å². The number of oxime groups is 1. The number of hydrogen-bond acceptors (Lipinski definition) is 7. The third-order valence-electron chi connectivity index (χ3n) is 3.21. The maximum absolute atomic E-state index is 11.8. The Morgan fingerprint density at radius 3 is 2.40 bits per heavy atom. The van der Waals surface area contributed by atoms with Crippen LogP contribution in [0.5, 0.6) is 0 Å². The molecule has 0 unspecified atom stereocenters. The summed E-state index contributed by atoms with van der Waals surface area (Å²) in [4.78, 5) is 35.1. The highest BCUT2D eigenvalue weighted by molar-refractivity contribution is 6.65. The van der Waals surface area contributed by atoms with Gasteiger partial charge in [-0.3, -0.25) is 9.59 Å². The molecular weight excluding hydrogens is 328 g/mol. The number of aryl methyl sites for hydroxylation is 2. The number of rotatable bonds is 5. The number of ether oxygens (including phenoxy) is 1. The molecule has 0 fully saturated rings. The van der Waals surface area contributed by atoms with Crippen molar-refractivity contribution in [2.45, 2.75) is 27.7 Å². The zero-order chi connectivity index (χ0) is 19.0. The van der Waals surface area contributed by atoms with Gasteiger partial charge in [0.05, 0.1) is 12.3 Å². The fraction of sp³-hybridized carbons (Fsp3) is 0.312. The standard InChI is InChI=1S/C16H20N4O5/c1-5-25-16(23)13(20-24)11(4)18-19-15(22)14(21)17-12-7-6-9(2)10(3)8-12/h6-8,24H,5H2,1-4H3,(H,17,21)(H,19,22). The number of esters is 1. The van der Waals surface area contributed by atoms with Crippen molar-refractivity contribution in [3.63, 3.8) is 0 Å². The number of carbonyl (C=O) groups is 3. The van der Waals surface area contributed by atoms with Gasteiger partial charge in [-0.15, -0.1) is 0 Å². The summed E-state index contributed by atoms with van der Waals surface area (Å²) < 4.78 is 4.67. The summed E-state index contributed by atoms with van der Waals surface area (Å²) in [6.07, 6.45) is 0. The van der Waals surface area contributed by atoms with Crippen molar-refractivity contribution < 1.29 is 24.3 Å². The first-order valence-electron chi connectivity index (χ1n) is 7.42. The molecule has 1 rings (SSSR count). The van der Waals surface area contributed by atoms with Crippen LogP contribution >= 0.6 is 0 Å². The lowest BCUT2D eigenvalue weighted by Crippen LogP contribution is -2.34. The molecule has 2 amide bonds. The summed E-state index contributed by atoms with van der Waals surface area (Å²) in [5, 5.41) is 17.6. The second-order valence-electron chi connectivity index (χ2n) is 5.06. The molecule has 0 radical (unpaired) electrons. The number of carbonyl (C=O) groups excluding carboxylic acids is 3.